The van der Waals surface area contributed by atoms with Gasteiger partial charge in [0.05, 0.1) is 10.6 Å². The molecule has 0 aliphatic heterocycles. The first-order valence-electron chi connectivity index (χ1n) is 11.2. The lowest BCUT2D eigenvalue weighted by molar-refractivity contribution is -0.137. The average Bonchev–Trinajstić information content (AvgIpc) is 3.03. The number of benzene rings is 2. The zero-order valence-electron chi connectivity index (χ0n) is 19.5. The summed E-state index contributed by atoms with van der Waals surface area (Å²) < 4.78 is 33.5. The molecule has 1 aliphatic rings. The van der Waals surface area contributed by atoms with Gasteiger partial charge in [-0.3, -0.25) is 19.1 Å². The zero-order valence-corrected chi connectivity index (χ0v) is 20.3. The van der Waals surface area contributed by atoms with Crippen LogP contribution in [0.2, 0.25) is 0 Å². The number of aliphatic imine (C=N–C) groups is 1. The van der Waals surface area contributed by atoms with Crippen LogP contribution < -0.4 is 0 Å². The smallest absolute Gasteiger partial charge is 0.303 e. The summed E-state index contributed by atoms with van der Waals surface area (Å²) in [4.78, 5) is 27.6. The molecule has 182 valence electrons. The normalized spacial score (nSPS) is 14.5. The molecule has 0 spiro atoms. The Hall–Kier alpha value is -3.04. The minimum absolute atomic E-state index is 0.0753. The van der Waals surface area contributed by atoms with Crippen molar-refractivity contribution in [3.05, 3.63) is 47.0 Å². The summed E-state index contributed by atoms with van der Waals surface area (Å²) in [5, 5.41) is 18.9. The van der Waals surface area contributed by atoms with E-state index < -0.39 is 27.5 Å². The van der Waals surface area contributed by atoms with Crippen LogP contribution in [0, 0.1) is 0 Å². The van der Waals surface area contributed by atoms with Crippen molar-refractivity contribution < 1.29 is 32.8 Å². The molecule has 0 aromatic heterocycles. The molecular weight excluding hydrogens is 458 g/mol. The molecule has 0 saturated heterocycles. The van der Waals surface area contributed by atoms with E-state index in [4.69, 9.17) is 4.99 Å². The molecule has 2 aromatic rings. The molecule has 3 rings (SSSR count). The van der Waals surface area contributed by atoms with E-state index in [0.29, 0.717) is 17.5 Å². The van der Waals surface area contributed by atoms with Crippen molar-refractivity contribution in [3.8, 4) is 11.1 Å². The molecule has 2 aromatic carbocycles. The highest BCUT2D eigenvalue weighted by atomic mass is 32.2. The van der Waals surface area contributed by atoms with Gasteiger partial charge >= 0.3 is 11.9 Å². The van der Waals surface area contributed by atoms with Crippen LogP contribution in [0.4, 0.5) is 5.69 Å². The highest BCUT2D eigenvalue weighted by Crippen LogP contribution is 2.55. The molecule has 0 atom stereocenters. The molecule has 8 nitrogen and oxygen atoms in total. The number of nitrogens with zero attached hydrogens (tertiary/aromatic N) is 1. The summed E-state index contributed by atoms with van der Waals surface area (Å²) in [6.45, 7) is 5.91. The zero-order chi connectivity index (χ0) is 25.3. The predicted molar refractivity (Wildman–Crippen MR) is 129 cm³/mol. The maximum absolute atomic E-state index is 11.9. The number of carboxylic acids is 2. The highest BCUT2D eigenvalue weighted by Gasteiger charge is 2.44. The van der Waals surface area contributed by atoms with Crippen LogP contribution >= 0.6 is 0 Å². The molecular formula is C25H29NO7S. The molecule has 9 heteroatoms. The fourth-order valence-electron chi connectivity index (χ4n) is 4.69. The number of rotatable bonds is 10. The van der Waals surface area contributed by atoms with Crippen LogP contribution in [-0.2, 0) is 31.5 Å². The fourth-order valence-corrected chi connectivity index (χ4v) is 5.19. The Morgan fingerprint density at radius 3 is 2.03 bits per heavy atom. The van der Waals surface area contributed by atoms with Gasteiger partial charge in [-0.25, -0.2) is 0 Å². The van der Waals surface area contributed by atoms with Gasteiger partial charge in [-0.15, -0.1) is 0 Å². The molecule has 0 radical (unpaired) electrons. The van der Waals surface area contributed by atoms with E-state index in [1.54, 1.807) is 6.07 Å². The number of hydrogen-bond donors (Lipinski definition) is 3. The molecule has 0 heterocycles. The average molecular weight is 488 g/mol. The summed E-state index contributed by atoms with van der Waals surface area (Å²) in [7, 11) is -4.52. The Balaban J connectivity index is 2.39. The highest BCUT2D eigenvalue weighted by molar-refractivity contribution is 7.85. The van der Waals surface area contributed by atoms with Crippen LogP contribution in [0.1, 0.15) is 69.6 Å². The quantitative estimate of drug-likeness (QED) is 0.316. The van der Waals surface area contributed by atoms with Crippen LogP contribution in [0.25, 0.3) is 11.1 Å². The minimum atomic E-state index is -4.52. The number of carbonyl (C=O) groups is 2. The van der Waals surface area contributed by atoms with Crippen molar-refractivity contribution in [3.63, 3.8) is 0 Å². The summed E-state index contributed by atoms with van der Waals surface area (Å²) in [5.41, 5.74) is 4.32. The van der Waals surface area contributed by atoms with E-state index in [9.17, 15) is 32.8 Å². The molecule has 0 bridgehead atoms. The van der Waals surface area contributed by atoms with Crippen molar-refractivity contribution in [2.45, 2.75) is 69.6 Å². The second kappa shape index (κ2) is 9.68. The lowest BCUT2D eigenvalue weighted by Crippen LogP contribution is -2.28. The molecule has 0 unspecified atom stereocenters. The third-order valence-electron chi connectivity index (χ3n) is 6.56. The van der Waals surface area contributed by atoms with E-state index in [0.717, 1.165) is 34.5 Å². The maximum Gasteiger partial charge on any atom is 0.303 e. The molecule has 1 aliphatic carbocycles. The molecule has 34 heavy (non-hydrogen) atoms. The van der Waals surface area contributed by atoms with Gasteiger partial charge in [0.25, 0.3) is 10.1 Å². The number of fused-ring (bicyclic) bond motifs is 3. The molecule has 0 fully saturated rings. The van der Waals surface area contributed by atoms with Crippen LogP contribution in [0.5, 0.6) is 0 Å². The first-order chi connectivity index (χ1) is 15.9. The van der Waals surface area contributed by atoms with E-state index in [1.165, 1.54) is 12.1 Å². The van der Waals surface area contributed by atoms with Crippen LogP contribution in [0.3, 0.4) is 0 Å². The fraction of sp³-hybridized carbons (Fsp3) is 0.400. The van der Waals surface area contributed by atoms with Gasteiger partial charge in [-0.05, 0) is 84.7 Å². The maximum atomic E-state index is 11.9. The third kappa shape index (κ3) is 4.90. The van der Waals surface area contributed by atoms with Crippen molar-refractivity contribution in [2.75, 3.05) is 0 Å². The van der Waals surface area contributed by atoms with Gasteiger partial charge in [0, 0.05) is 24.0 Å². The topological polar surface area (TPSA) is 141 Å². The van der Waals surface area contributed by atoms with Gasteiger partial charge < -0.3 is 10.2 Å². The van der Waals surface area contributed by atoms with E-state index >= 15 is 0 Å². The Labute approximate surface area is 199 Å². The first kappa shape index (κ1) is 25.6. The van der Waals surface area contributed by atoms with E-state index in [-0.39, 0.29) is 30.6 Å². The number of carboxylic acid groups (broad SMARTS) is 2. The Bertz CT molecular complexity index is 1260. The second-order valence-corrected chi connectivity index (χ2v) is 10.1. The molecule has 0 amide bonds. The standard InChI is InChI=1S/C25H29NO7S/c1-4-15(3)26-22-14-21-19(12-16(22)5-2)18-7-6-17(34(31,32)33)13-20(18)25(21,10-8-23(27)28)11-9-24(29)30/h6-7,12-14H,4-5,8-11H2,1-3H3,(H,27,28)(H,29,30)(H,31,32,33). The monoisotopic (exact) mass is 487 g/mol. The van der Waals surface area contributed by atoms with Gasteiger partial charge in [-0.1, -0.05) is 19.9 Å². The van der Waals surface area contributed by atoms with Crippen LogP contribution in [-0.4, -0.2) is 40.8 Å². The van der Waals surface area contributed by atoms with E-state index in [2.05, 4.69) is 0 Å². The lowest BCUT2D eigenvalue weighted by atomic mass is 9.71. The van der Waals surface area contributed by atoms with Gasteiger partial charge in [0.2, 0.25) is 0 Å². The second-order valence-electron chi connectivity index (χ2n) is 8.63. The van der Waals surface area contributed by atoms with E-state index in [1.807, 2.05) is 32.9 Å². The summed E-state index contributed by atoms with van der Waals surface area (Å²) in [6, 6.07) is 8.12. The molecule has 3 N–H and O–H groups in total. The minimum Gasteiger partial charge on any atom is -0.481 e. The van der Waals surface area contributed by atoms with Crippen molar-refractivity contribution >= 4 is 33.5 Å². The SMILES string of the molecule is CCC(C)=Nc1cc2c(cc1CC)-c1ccc(S(=O)(=O)O)cc1C2(CCC(=O)O)CCC(=O)O. The molecule has 0 saturated carbocycles. The Morgan fingerprint density at radius 1 is 0.941 bits per heavy atom. The Morgan fingerprint density at radius 2 is 1.53 bits per heavy atom. The van der Waals surface area contributed by atoms with Crippen molar-refractivity contribution in [1.82, 2.24) is 0 Å². The number of hydrogen-bond acceptors (Lipinski definition) is 5. The number of aliphatic carboxylic acids is 2. The van der Waals surface area contributed by atoms with Crippen LogP contribution in [0.15, 0.2) is 40.2 Å². The van der Waals surface area contributed by atoms with Gasteiger partial charge in [0.1, 0.15) is 0 Å². The Kier molecular flexibility index (Phi) is 7.28. The number of aryl methyl sites for hydroxylation is 1. The lowest BCUT2D eigenvalue weighted by Gasteiger charge is -2.32. The first-order valence-corrected chi connectivity index (χ1v) is 12.6. The third-order valence-corrected chi connectivity index (χ3v) is 7.41. The van der Waals surface area contributed by atoms with Crippen molar-refractivity contribution in [1.29, 1.82) is 0 Å². The van der Waals surface area contributed by atoms with Gasteiger partial charge in [0.15, 0.2) is 0 Å². The van der Waals surface area contributed by atoms with Gasteiger partial charge in [-0.2, -0.15) is 8.42 Å². The largest absolute Gasteiger partial charge is 0.481 e. The van der Waals surface area contributed by atoms with Crippen molar-refractivity contribution in [2.24, 2.45) is 4.99 Å². The summed E-state index contributed by atoms with van der Waals surface area (Å²) in [6.07, 6.45) is 1.12. The predicted octanol–water partition coefficient (Wildman–Crippen LogP) is 4.99. The summed E-state index contributed by atoms with van der Waals surface area (Å²) >= 11 is 0. The summed E-state index contributed by atoms with van der Waals surface area (Å²) in [5.74, 6) is -2.08.